The molecule has 12 nitrogen and oxygen atoms in total. The Morgan fingerprint density at radius 2 is 1.56 bits per heavy atom. The monoisotopic (exact) mass is 535 g/mol. The van der Waals surface area contributed by atoms with Gasteiger partial charge < -0.3 is 36.6 Å². The number of benzene rings is 2. The number of piperazine rings is 2. The van der Waals surface area contributed by atoms with Crippen LogP contribution in [0.3, 0.4) is 0 Å². The van der Waals surface area contributed by atoms with Crippen LogP contribution in [0.1, 0.15) is 34.5 Å². The Morgan fingerprint density at radius 3 is 2.13 bits per heavy atom. The Hall–Kier alpha value is -4.29. The predicted molar refractivity (Wildman–Crippen MR) is 143 cm³/mol. The second-order valence-corrected chi connectivity index (χ2v) is 9.62. The molecule has 2 heterocycles. The van der Waals surface area contributed by atoms with E-state index >= 15 is 0 Å². The van der Waals surface area contributed by atoms with E-state index in [9.17, 15) is 24.3 Å². The lowest BCUT2D eigenvalue weighted by Crippen LogP contribution is -2.75. The van der Waals surface area contributed by atoms with Crippen molar-refractivity contribution in [1.82, 2.24) is 25.8 Å². The van der Waals surface area contributed by atoms with E-state index in [-0.39, 0.29) is 43.5 Å². The molecule has 0 radical (unpaired) electrons. The summed E-state index contributed by atoms with van der Waals surface area (Å²) < 4.78 is 0. The summed E-state index contributed by atoms with van der Waals surface area (Å²) in [6, 6.07) is 12.6. The molecule has 3 unspecified atom stereocenters. The first-order valence-corrected chi connectivity index (χ1v) is 12.7. The number of nitrogens with two attached hydrogens (primary N) is 1. The van der Waals surface area contributed by atoms with Crippen molar-refractivity contribution < 1.29 is 24.3 Å². The number of aliphatic carboxylic acids is 1. The van der Waals surface area contributed by atoms with Gasteiger partial charge in [-0.15, -0.1) is 0 Å². The van der Waals surface area contributed by atoms with Gasteiger partial charge >= 0.3 is 5.97 Å². The Bertz CT molecular complexity index is 1250. The molecule has 0 bridgehead atoms. The van der Waals surface area contributed by atoms with Crippen LogP contribution in [-0.4, -0.2) is 95.3 Å². The van der Waals surface area contributed by atoms with Crippen LogP contribution in [0.15, 0.2) is 54.6 Å². The lowest BCUT2D eigenvalue weighted by atomic mass is 9.76. The van der Waals surface area contributed by atoms with Crippen LogP contribution in [0.4, 0.5) is 0 Å². The molecule has 4 rings (SSSR count). The molecule has 2 fully saturated rings. The van der Waals surface area contributed by atoms with Crippen molar-refractivity contribution in [2.24, 2.45) is 5.73 Å². The quantitative estimate of drug-likeness (QED) is 0.184. The molecule has 3 atom stereocenters. The number of nitrogen functional groups attached to an aromatic ring is 1. The van der Waals surface area contributed by atoms with Gasteiger partial charge in [-0.05, 0) is 24.6 Å². The smallest absolute Gasteiger partial charge is 0.334 e. The fourth-order valence-electron chi connectivity index (χ4n) is 5.43. The number of nitrogens with one attached hydrogen (secondary N) is 4. The first kappa shape index (κ1) is 27.7. The number of rotatable bonds is 9. The zero-order valence-electron chi connectivity index (χ0n) is 21.6. The first-order chi connectivity index (χ1) is 18.7. The minimum Gasteiger partial charge on any atom is -0.479 e. The van der Waals surface area contributed by atoms with Crippen LogP contribution in [0, 0.1) is 5.41 Å². The van der Waals surface area contributed by atoms with Crippen LogP contribution in [0.5, 0.6) is 0 Å². The van der Waals surface area contributed by atoms with Crippen LogP contribution < -0.4 is 21.7 Å². The van der Waals surface area contributed by atoms with E-state index in [1.54, 1.807) is 37.3 Å². The number of carbonyl (C=O) groups is 4. The summed E-state index contributed by atoms with van der Waals surface area (Å²) in [5.74, 6) is -2.80. The maximum atomic E-state index is 13.6. The molecule has 0 aromatic heterocycles. The largest absolute Gasteiger partial charge is 0.479 e. The van der Waals surface area contributed by atoms with Gasteiger partial charge in [0.05, 0.1) is 25.2 Å². The van der Waals surface area contributed by atoms with Crippen molar-refractivity contribution in [2.45, 2.75) is 24.5 Å². The second-order valence-electron chi connectivity index (χ2n) is 9.62. The zero-order valence-corrected chi connectivity index (χ0v) is 21.6. The second kappa shape index (κ2) is 11.6. The Morgan fingerprint density at radius 1 is 0.974 bits per heavy atom. The number of hydrogen-bond acceptors (Lipinski definition) is 7. The minimum atomic E-state index is -2.04. The standard InChI is InChI=1S/C27H33N7O5/c1-17(32-25(37)20-9-7-19(8-10-20)24(28)29)27(26(38)39,34-14-12-31-16-22(34)36)23(18-5-3-2-4-6-18)33-13-11-30-15-21(33)35/h2-10,17,23,30-31H,11-16H2,1H3,(H3,28,29)(H,32,37)(H,38,39). The third-order valence-electron chi connectivity index (χ3n) is 7.31. The van der Waals surface area contributed by atoms with E-state index in [0.29, 0.717) is 24.2 Å². The highest BCUT2D eigenvalue weighted by Gasteiger charge is 2.60. The van der Waals surface area contributed by atoms with Crippen molar-refractivity contribution in [3.8, 4) is 0 Å². The van der Waals surface area contributed by atoms with E-state index in [2.05, 4.69) is 16.0 Å². The predicted octanol–water partition coefficient (Wildman–Crippen LogP) is -0.483. The van der Waals surface area contributed by atoms with Crippen molar-refractivity contribution >= 4 is 29.5 Å². The third kappa shape index (κ3) is 5.33. The molecule has 39 heavy (non-hydrogen) atoms. The average molecular weight is 536 g/mol. The maximum Gasteiger partial charge on any atom is 0.334 e. The van der Waals surface area contributed by atoms with E-state index in [1.165, 1.54) is 34.1 Å². The van der Waals surface area contributed by atoms with Gasteiger partial charge in [-0.2, -0.15) is 0 Å². The molecule has 2 aromatic rings. The van der Waals surface area contributed by atoms with Gasteiger partial charge in [0, 0.05) is 37.3 Å². The fourth-order valence-corrected chi connectivity index (χ4v) is 5.43. The highest BCUT2D eigenvalue weighted by Crippen LogP contribution is 2.41. The van der Waals surface area contributed by atoms with Gasteiger partial charge in [0.2, 0.25) is 11.8 Å². The number of amidine groups is 1. The lowest BCUT2D eigenvalue weighted by Gasteiger charge is -2.53. The molecule has 3 amide bonds. The van der Waals surface area contributed by atoms with Gasteiger partial charge in [0.15, 0.2) is 5.54 Å². The normalized spacial score (nSPS) is 19.1. The van der Waals surface area contributed by atoms with Crippen LogP contribution in [0.25, 0.3) is 0 Å². The number of amides is 3. The molecule has 7 N–H and O–H groups in total. The number of carboxylic acid groups (broad SMARTS) is 1. The molecule has 2 aromatic carbocycles. The molecular formula is C27H33N7O5. The van der Waals surface area contributed by atoms with Gasteiger partial charge in [0.1, 0.15) is 5.84 Å². The number of hydrogen-bond donors (Lipinski definition) is 6. The Balaban J connectivity index is 1.85. The molecule has 0 aliphatic carbocycles. The third-order valence-corrected chi connectivity index (χ3v) is 7.31. The average Bonchev–Trinajstić information content (AvgIpc) is 2.93. The van der Waals surface area contributed by atoms with Gasteiger partial charge in [-0.1, -0.05) is 42.5 Å². The molecule has 2 saturated heterocycles. The topological polar surface area (TPSA) is 181 Å². The summed E-state index contributed by atoms with van der Waals surface area (Å²) in [6.07, 6.45) is 0. The summed E-state index contributed by atoms with van der Waals surface area (Å²) in [5, 5.41) is 27.4. The van der Waals surface area contributed by atoms with Gasteiger partial charge in [0.25, 0.3) is 5.91 Å². The molecule has 2 aliphatic rings. The summed E-state index contributed by atoms with van der Waals surface area (Å²) in [4.78, 5) is 56.3. The highest BCUT2D eigenvalue weighted by molar-refractivity contribution is 5.99. The summed E-state index contributed by atoms with van der Waals surface area (Å²) in [7, 11) is 0. The summed E-state index contributed by atoms with van der Waals surface area (Å²) in [5.41, 5.74) is 4.68. The van der Waals surface area contributed by atoms with Crippen molar-refractivity contribution in [1.29, 1.82) is 5.41 Å². The molecule has 12 heteroatoms. The van der Waals surface area contributed by atoms with E-state index < -0.39 is 35.4 Å². The van der Waals surface area contributed by atoms with Crippen LogP contribution in [-0.2, 0) is 14.4 Å². The summed E-state index contributed by atoms with van der Waals surface area (Å²) >= 11 is 0. The number of nitrogens with zero attached hydrogens (tertiary/aromatic N) is 2. The summed E-state index contributed by atoms with van der Waals surface area (Å²) in [6.45, 7) is 2.60. The van der Waals surface area contributed by atoms with Crippen LogP contribution >= 0.6 is 0 Å². The Kier molecular flexibility index (Phi) is 8.27. The number of carbonyl (C=O) groups excluding carboxylic acids is 3. The highest BCUT2D eigenvalue weighted by atomic mass is 16.4. The molecule has 0 spiro atoms. The van der Waals surface area contributed by atoms with Crippen molar-refractivity contribution in [3.05, 3.63) is 71.3 Å². The van der Waals surface area contributed by atoms with Gasteiger partial charge in [-0.3, -0.25) is 19.8 Å². The van der Waals surface area contributed by atoms with Crippen molar-refractivity contribution in [2.75, 3.05) is 39.3 Å². The zero-order chi connectivity index (χ0) is 28.2. The van der Waals surface area contributed by atoms with Crippen molar-refractivity contribution in [3.63, 3.8) is 0 Å². The molecule has 0 saturated carbocycles. The van der Waals surface area contributed by atoms with Crippen LogP contribution in [0.2, 0.25) is 0 Å². The Labute approximate surface area is 226 Å². The maximum absolute atomic E-state index is 13.6. The van der Waals surface area contributed by atoms with E-state index in [1.807, 2.05) is 0 Å². The van der Waals surface area contributed by atoms with E-state index in [4.69, 9.17) is 11.1 Å². The first-order valence-electron chi connectivity index (χ1n) is 12.7. The number of carboxylic acids is 1. The van der Waals surface area contributed by atoms with Gasteiger partial charge in [-0.25, -0.2) is 4.79 Å². The minimum absolute atomic E-state index is 0.0256. The SMILES string of the molecule is CC(NC(=O)c1ccc(C(=N)N)cc1)C(C(=O)O)(C(c1ccccc1)N1CCNCC1=O)N1CCNCC1=O. The molecule has 206 valence electrons. The molecule has 2 aliphatic heterocycles. The van der Waals surface area contributed by atoms with E-state index in [0.717, 1.165) is 0 Å². The molecular weight excluding hydrogens is 502 g/mol. The fraction of sp³-hybridized carbons (Fsp3) is 0.370. The lowest BCUT2D eigenvalue weighted by molar-refractivity contribution is -0.172.